The Labute approximate surface area is 220 Å². The van der Waals surface area contributed by atoms with Gasteiger partial charge in [-0.05, 0) is 99.6 Å². The molecule has 2 N–H and O–H groups in total. The molecule has 0 amide bonds. The number of alkyl halides is 1. The second-order valence-corrected chi connectivity index (χ2v) is 13.4. The first kappa shape index (κ1) is 27.4. The lowest BCUT2D eigenvalue weighted by atomic mass is 9.65. The maximum absolute atomic E-state index is 6.32. The van der Waals surface area contributed by atoms with Gasteiger partial charge in [-0.1, -0.05) is 45.9 Å². The Balaban J connectivity index is 1.22. The van der Waals surface area contributed by atoms with Crippen molar-refractivity contribution in [3.63, 3.8) is 0 Å². The van der Waals surface area contributed by atoms with E-state index in [1.165, 1.54) is 57.5 Å². The fourth-order valence-corrected chi connectivity index (χ4v) is 7.09. The second-order valence-electron chi connectivity index (χ2n) is 12.8. The fourth-order valence-electron chi connectivity index (χ4n) is 6.88. The van der Waals surface area contributed by atoms with E-state index in [0.717, 1.165) is 38.3 Å². The minimum atomic E-state index is 0.250. The molecule has 198 valence electrons. The molecule has 2 saturated heterocycles. The Morgan fingerprint density at radius 3 is 2.66 bits per heavy atom. The van der Waals surface area contributed by atoms with Crippen LogP contribution in [0.15, 0.2) is 29.3 Å². The van der Waals surface area contributed by atoms with Gasteiger partial charge >= 0.3 is 0 Å². The van der Waals surface area contributed by atoms with Gasteiger partial charge in [-0.2, -0.15) is 0 Å². The average molecular weight is 503 g/mol. The highest BCUT2D eigenvalue weighted by Gasteiger charge is 2.40. The molecule has 5 unspecified atom stereocenters. The standard InChI is InChI=1S/C30H51ClN4/c1-22(2)28(32-18-23-10-15-29(33-19-23)34-26-8-6-5-7-9-26)20-35-17-16-27(30(3,4)21-35)24-11-13-25(31)14-12-24/h6,8,11,13,22-25,27-29,32-33H,5,7,9-10,12,14-21H2,1-4H3/t23?,24?,25?,27?,28-,29?/m0/s1. The summed E-state index contributed by atoms with van der Waals surface area (Å²) in [6.45, 7) is 15.6. The van der Waals surface area contributed by atoms with E-state index in [0.29, 0.717) is 35.4 Å². The molecular weight excluding hydrogens is 452 g/mol. The summed E-state index contributed by atoms with van der Waals surface area (Å²) in [5, 5.41) is 7.95. The van der Waals surface area contributed by atoms with Crippen molar-refractivity contribution in [2.45, 2.75) is 96.6 Å². The number of nitrogens with zero attached hydrogens (tertiary/aromatic N) is 2. The van der Waals surface area contributed by atoms with Crippen LogP contribution in [0.2, 0.25) is 0 Å². The van der Waals surface area contributed by atoms with Crippen molar-refractivity contribution in [1.29, 1.82) is 0 Å². The molecule has 0 radical (unpaired) electrons. The molecule has 0 aromatic heterocycles. The number of rotatable bonds is 8. The maximum Gasteiger partial charge on any atom is 0.0997 e. The highest BCUT2D eigenvalue weighted by atomic mass is 35.5. The number of likely N-dealkylation sites (tertiary alicyclic amines) is 1. The molecule has 0 saturated carbocycles. The molecule has 4 aliphatic rings. The van der Waals surface area contributed by atoms with Crippen LogP contribution < -0.4 is 10.6 Å². The summed E-state index contributed by atoms with van der Waals surface area (Å²) >= 11 is 6.32. The summed E-state index contributed by atoms with van der Waals surface area (Å²) in [4.78, 5) is 7.71. The minimum absolute atomic E-state index is 0.250. The number of allylic oxidation sites excluding steroid dienone is 4. The maximum atomic E-state index is 6.32. The third-order valence-electron chi connectivity index (χ3n) is 9.11. The molecule has 0 aromatic carbocycles. The largest absolute Gasteiger partial charge is 0.312 e. The lowest BCUT2D eigenvalue weighted by Crippen LogP contribution is -2.53. The Bertz CT molecular complexity index is 749. The molecule has 2 aliphatic heterocycles. The average Bonchev–Trinajstić information content (AvgIpc) is 2.83. The van der Waals surface area contributed by atoms with Crippen LogP contribution in [-0.4, -0.2) is 60.9 Å². The van der Waals surface area contributed by atoms with Crippen LogP contribution in [0.5, 0.6) is 0 Å². The van der Waals surface area contributed by atoms with Gasteiger partial charge in [0.1, 0.15) is 0 Å². The monoisotopic (exact) mass is 502 g/mol. The van der Waals surface area contributed by atoms with E-state index in [4.69, 9.17) is 16.6 Å². The number of nitrogens with one attached hydrogen (secondary N) is 2. The van der Waals surface area contributed by atoms with Crippen LogP contribution in [0, 0.1) is 29.1 Å². The molecule has 2 fully saturated rings. The molecule has 4 nitrogen and oxygen atoms in total. The van der Waals surface area contributed by atoms with Crippen LogP contribution in [-0.2, 0) is 0 Å². The molecule has 0 aromatic rings. The van der Waals surface area contributed by atoms with Gasteiger partial charge in [-0.15, -0.1) is 11.6 Å². The zero-order valence-electron chi connectivity index (χ0n) is 22.8. The third kappa shape index (κ3) is 7.90. The highest BCUT2D eigenvalue weighted by molar-refractivity contribution is 6.21. The van der Waals surface area contributed by atoms with Crippen molar-refractivity contribution in [2.75, 3.05) is 32.7 Å². The number of piperidine rings is 2. The SMILES string of the molecule is CC(C)[C@H](CN1CCC(C2C=CC(Cl)CC2)C(C)(C)C1)NCC1CCC(N=C2C=CCCC2)NC1. The summed E-state index contributed by atoms with van der Waals surface area (Å²) in [7, 11) is 0. The van der Waals surface area contributed by atoms with E-state index in [2.05, 4.69) is 67.5 Å². The van der Waals surface area contributed by atoms with Crippen molar-refractivity contribution >= 4 is 17.3 Å². The fraction of sp³-hybridized carbons (Fsp3) is 0.833. The number of hydrogen-bond acceptors (Lipinski definition) is 4. The summed E-state index contributed by atoms with van der Waals surface area (Å²) in [6, 6.07) is 0.555. The van der Waals surface area contributed by atoms with Gasteiger partial charge in [0, 0.05) is 31.4 Å². The van der Waals surface area contributed by atoms with Gasteiger partial charge in [0.05, 0.1) is 11.5 Å². The second kappa shape index (κ2) is 12.7. The van der Waals surface area contributed by atoms with Crippen molar-refractivity contribution in [3.05, 3.63) is 24.3 Å². The molecule has 2 aliphatic carbocycles. The van der Waals surface area contributed by atoms with Gasteiger partial charge in [-0.3, -0.25) is 10.3 Å². The molecule has 2 heterocycles. The van der Waals surface area contributed by atoms with Crippen LogP contribution >= 0.6 is 11.6 Å². The van der Waals surface area contributed by atoms with E-state index < -0.39 is 0 Å². The van der Waals surface area contributed by atoms with Crippen LogP contribution in [0.4, 0.5) is 0 Å². The molecule has 5 heteroatoms. The number of aliphatic imine (C=N–C) groups is 1. The van der Waals surface area contributed by atoms with Gasteiger partial charge in [-0.25, -0.2) is 0 Å². The van der Waals surface area contributed by atoms with Gasteiger partial charge in [0.15, 0.2) is 0 Å². The van der Waals surface area contributed by atoms with Crippen LogP contribution in [0.1, 0.15) is 79.1 Å². The predicted molar refractivity (Wildman–Crippen MR) is 151 cm³/mol. The Morgan fingerprint density at radius 2 is 2.03 bits per heavy atom. The van der Waals surface area contributed by atoms with Crippen LogP contribution in [0.25, 0.3) is 0 Å². The number of halogens is 1. The van der Waals surface area contributed by atoms with Crippen LogP contribution in [0.3, 0.4) is 0 Å². The van der Waals surface area contributed by atoms with E-state index in [9.17, 15) is 0 Å². The van der Waals surface area contributed by atoms with E-state index >= 15 is 0 Å². The molecule has 35 heavy (non-hydrogen) atoms. The first-order valence-corrected chi connectivity index (χ1v) is 15.0. The summed E-state index contributed by atoms with van der Waals surface area (Å²) in [6.07, 6.45) is 19.3. The normalized spacial score (nSPS) is 36.1. The first-order chi connectivity index (χ1) is 16.8. The summed E-state index contributed by atoms with van der Waals surface area (Å²) < 4.78 is 0. The van der Waals surface area contributed by atoms with Gasteiger partial charge in [0.25, 0.3) is 0 Å². The van der Waals surface area contributed by atoms with E-state index in [1.807, 2.05) is 0 Å². The quantitative estimate of drug-likeness (QED) is 0.314. The highest BCUT2D eigenvalue weighted by Crippen LogP contribution is 2.43. The first-order valence-electron chi connectivity index (χ1n) is 14.5. The Hall–Kier alpha value is -0.680. The summed E-state index contributed by atoms with van der Waals surface area (Å²) in [5.41, 5.74) is 1.64. The molecule has 4 rings (SSSR count). The third-order valence-corrected chi connectivity index (χ3v) is 9.47. The number of hydrogen-bond donors (Lipinski definition) is 2. The molecule has 6 atom stereocenters. The van der Waals surface area contributed by atoms with Crippen molar-refractivity contribution in [2.24, 2.45) is 34.1 Å². The lowest BCUT2D eigenvalue weighted by Gasteiger charge is -2.48. The smallest absolute Gasteiger partial charge is 0.0997 e. The lowest BCUT2D eigenvalue weighted by molar-refractivity contribution is 0.0217. The van der Waals surface area contributed by atoms with E-state index in [1.54, 1.807) is 0 Å². The zero-order chi connectivity index (χ0) is 24.8. The Morgan fingerprint density at radius 1 is 1.17 bits per heavy atom. The molecular formula is C30H51ClN4. The van der Waals surface area contributed by atoms with Crippen molar-refractivity contribution in [1.82, 2.24) is 15.5 Å². The van der Waals surface area contributed by atoms with Gasteiger partial charge in [0.2, 0.25) is 0 Å². The van der Waals surface area contributed by atoms with Gasteiger partial charge < -0.3 is 10.2 Å². The van der Waals surface area contributed by atoms with E-state index in [-0.39, 0.29) is 5.38 Å². The molecule has 0 spiro atoms. The Kier molecular flexibility index (Phi) is 9.94. The minimum Gasteiger partial charge on any atom is -0.312 e. The topological polar surface area (TPSA) is 39.7 Å². The predicted octanol–water partition coefficient (Wildman–Crippen LogP) is 6.03. The van der Waals surface area contributed by atoms with Crippen molar-refractivity contribution < 1.29 is 0 Å². The zero-order valence-corrected chi connectivity index (χ0v) is 23.6. The summed E-state index contributed by atoms with van der Waals surface area (Å²) in [5.74, 6) is 2.84. The molecule has 0 bridgehead atoms. The van der Waals surface area contributed by atoms with Crippen molar-refractivity contribution in [3.8, 4) is 0 Å².